The summed E-state index contributed by atoms with van der Waals surface area (Å²) in [6.45, 7) is 5.28. The van der Waals surface area contributed by atoms with Crippen molar-refractivity contribution in [2.75, 3.05) is 33.2 Å². The van der Waals surface area contributed by atoms with Crippen LogP contribution in [0.2, 0.25) is 0 Å². The van der Waals surface area contributed by atoms with Crippen molar-refractivity contribution >= 4 is 0 Å². The van der Waals surface area contributed by atoms with Crippen molar-refractivity contribution in [1.82, 2.24) is 14.8 Å². The fourth-order valence-corrected chi connectivity index (χ4v) is 3.79. The van der Waals surface area contributed by atoms with Gasteiger partial charge in [-0.1, -0.05) is 18.2 Å². The normalized spacial score (nSPS) is 18.6. The number of hydrogen-bond donors (Lipinski definition) is 0. The molecule has 1 fully saturated rings. The first-order valence-corrected chi connectivity index (χ1v) is 9.24. The number of benzene rings is 1. The number of hydrogen-bond acceptors (Lipinski definition) is 3. The summed E-state index contributed by atoms with van der Waals surface area (Å²) in [6.07, 6.45) is 7.04. The van der Waals surface area contributed by atoms with E-state index in [2.05, 4.69) is 34.0 Å². The summed E-state index contributed by atoms with van der Waals surface area (Å²) < 4.78 is 13.8. The predicted octanol–water partition coefficient (Wildman–Crippen LogP) is 3.61. The van der Waals surface area contributed by atoms with Crippen LogP contribution >= 0.6 is 0 Å². The SMILES string of the molecule is CN(Cc1ccncc1)C[C@@H]1CCCN(CCc2ccccc2F)C1. The van der Waals surface area contributed by atoms with E-state index in [0.717, 1.165) is 44.7 Å². The highest BCUT2D eigenvalue weighted by Gasteiger charge is 2.21. The third kappa shape index (κ3) is 5.62. The number of halogens is 1. The average Bonchev–Trinajstić information content (AvgIpc) is 2.62. The highest BCUT2D eigenvalue weighted by molar-refractivity contribution is 5.17. The second-order valence-electron chi connectivity index (χ2n) is 7.20. The van der Waals surface area contributed by atoms with E-state index in [0.29, 0.717) is 5.92 Å². The zero-order valence-electron chi connectivity index (χ0n) is 15.1. The Balaban J connectivity index is 1.45. The molecular weight excluding hydrogens is 313 g/mol. The molecule has 1 atom stereocenters. The molecule has 134 valence electrons. The van der Waals surface area contributed by atoms with Crippen LogP contribution in [0.5, 0.6) is 0 Å². The molecule has 2 aromatic rings. The Bertz CT molecular complexity index is 647. The van der Waals surface area contributed by atoms with Crippen molar-refractivity contribution in [2.24, 2.45) is 5.92 Å². The maximum atomic E-state index is 13.8. The van der Waals surface area contributed by atoms with Crippen LogP contribution in [0, 0.1) is 11.7 Å². The first-order chi connectivity index (χ1) is 12.2. The van der Waals surface area contributed by atoms with Crippen LogP contribution in [0.1, 0.15) is 24.0 Å². The maximum absolute atomic E-state index is 13.8. The van der Waals surface area contributed by atoms with Crippen LogP contribution in [0.4, 0.5) is 4.39 Å². The van der Waals surface area contributed by atoms with Crippen LogP contribution in [-0.4, -0.2) is 48.0 Å². The fraction of sp³-hybridized carbons (Fsp3) is 0.476. The minimum atomic E-state index is -0.0758. The molecule has 0 bridgehead atoms. The molecule has 1 aromatic carbocycles. The van der Waals surface area contributed by atoms with Gasteiger partial charge in [0.05, 0.1) is 0 Å². The molecule has 2 heterocycles. The second-order valence-corrected chi connectivity index (χ2v) is 7.20. The number of piperidine rings is 1. The third-order valence-corrected chi connectivity index (χ3v) is 5.03. The van der Waals surface area contributed by atoms with Gasteiger partial charge in [-0.2, -0.15) is 0 Å². The Labute approximate surface area is 150 Å². The molecule has 0 radical (unpaired) electrons. The number of rotatable bonds is 7. The smallest absolute Gasteiger partial charge is 0.126 e. The molecule has 1 aliphatic rings. The Morgan fingerprint density at radius 3 is 2.80 bits per heavy atom. The minimum Gasteiger partial charge on any atom is -0.303 e. The van der Waals surface area contributed by atoms with Gasteiger partial charge >= 0.3 is 0 Å². The van der Waals surface area contributed by atoms with E-state index in [9.17, 15) is 4.39 Å². The number of pyridine rings is 1. The Kier molecular flexibility index (Phi) is 6.54. The summed E-state index contributed by atoms with van der Waals surface area (Å²) in [5.41, 5.74) is 2.14. The van der Waals surface area contributed by atoms with Crippen molar-refractivity contribution < 1.29 is 4.39 Å². The molecule has 1 aliphatic heterocycles. The first kappa shape index (κ1) is 18.0. The van der Waals surface area contributed by atoms with Gasteiger partial charge in [0.15, 0.2) is 0 Å². The van der Waals surface area contributed by atoms with Gasteiger partial charge in [-0.3, -0.25) is 4.98 Å². The molecule has 4 heteroatoms. The quantitative estimate of drug-likeness (QED) is 0.767. The lowest BCUT2D eigenvalue weighted by molar-refractivity contribution is 0.142. The van der Waals surface area contributed by atoms with Crippen LogP contribution in [0.3, 0.4) is 0 Å². The van der Waals surface area contributed by atoms with E-state index in [4.69, 9.17) is 0 Å². The van der Waals surface area contributed by atoms with Crippen molar-refractivity contribution in [3.8, 4) is 0 Å². The van der Waals surface area contributed by atoms with E-state index >= 15 is 0 Å². The summed E-state index contributed by atoms with van der Waals surface area (Å²) in [6, 6.07) is 11.3. The van der Waals surface area contributed by atoms with Crippen LogP contribution < -0.4 is 0 Å². The summed E-state index contributed by atoms with van der Waals surface area (Å²) in [5.74, 6) is 0.620. The lowest BCUT2D eigenvalue weighted by Crippen LogP contribution is -2.40. The Hall–Kier alpha value is -1.78. The van der Waals surface area contributed by atoms with Gasteiger partial charge in [0.1, 0.15) is 5.82 Å². The molecule has 0 N–H and O–H groups in total. The minimum absolute atomic E-state index is 0.0758. The molecule has 1 saturated heterocycles. The second kappa shape index (κ2) is 9.07. The highest BCUT2D eigenvalue weighted by Crippen LogP contribution is 2.19. The average molecular weight is 341 g/mol. The van der Waals surface area contributed by atoms with E-state index < -0.39 is 0 Å². The summed E-state index contributed by atoms with van der Waals surface area (Å²) in [7, 11) is 2.19. The largest absolute Gasteiger partial charge is 0.303 e. The Morgan fingerprint density at radius 1 is 1.20 bits per heavy atom. The fourth-order valence-electron chi connectivity index (χ4n) is 3.79. The topological polar surface area (TPSA) is 19.4 Å². The summed E-state index contributed by atoms with van der Waals surface area (Å²) in [5, 5.41) is 0. The molecule has 0 unspecified atom stereocenters. The predicted molar refractivity (Wildman–Crippen MR) is 99.8 cm³/mol. The molecule has 0 amide bonds. The molecule has 3 nitrogen and oxygen atoms in total. The van der Waals surface area contributed by atoms with Gasteiger partial charge in [0, 0.05) is 38.6 Å². The summed E-state index contributed by atoms with van der Waals surface area (Å²) in [4.78, 5) is 8.98. The molecular formula is C21H28FN3. The lowest BCUT2D eigenvalue weighted by Gasteiger charge is -2.34. The van der Waals surface area contributed by atoms with Gasteiger partial charge in [0.2, 0.25) is 0 Å². The molecule has 0 aliphatic carbocycles. The van der Waals surface area contributed by atoms with E-state index in [-0.39, 0.29) is 5.82 Å². The van der Waals surface area contributed by atoms with Crippen LogP contribution in [-0.2, 0) is 13.0 Å². The number of nitrogens with zero attached hydrogens (tertiary/aromatic N) is 3. The van der Waals surface area contributed by atoms with Gasteiger partial charge < -0.3 is 9.80 Å². The van der Waals surface area contributed by atoms with Crippen LogP contribution in [0.15, 0.2) is 48.8 Å². The molecule has 1 aromatic heterocycles. The number of aromatic nitrogens is 1. The molecule has 0 saturated carbocycles. The standard InChI is InChI=1S/C21H28FN3/c1-24(15-18-8-11-23-12-9-18)16-19-5-4-13-25(17-19)14-10-20-6-2-3-7-21(20)22/h2-3,6-9,11-12,19H,4-5,10,13-17H2,1H3/t19-/m0/s1. The van der Waals surface area contributed by atoms with Gasteiger partial charge in [-0.05, 0) is 68.1 Å². The third-order valence-electron chi connectivity index (χ3n) is 5.03. The van der Waals surface area contributed by atoms with E-state index in [1.807, 2.05) is 24.5 Å². The van der Waals surface area contributed by atoms with Crippen molar-refractivity contribution in [3.63, 3.8) is 0 Å². The van der Waals surface area contributed by atoms with Gasteiger partial charge in [-0.25, -0.2) is 4.39 Å². The highest BCUT2D eigenvalue weighted by atomic mass is 19.1. The van der Waals surface area contributed by atoms with Crippen LogP contribution in [0.25, 0.3) is 0 Å². The van der Waals surface area contributed by atoms with Crippen molar-refractivity contribution in [2.45, 2.75) is 25.8 Å². The van der Waals surface area contributed by atoms with E-state index in [1.165, 1.54) is 18.4 Å². The zero-order chi connectivity index (χ0) is 17.5. The van der Waals surface area contributed by atoms with Crippen molar-refractivity contribution in [3.05, 3.63) is 65.7 Å². The number of likely N-dealkylation sites (tertiary alicyclic amines) is 1. The zero-order valence-corrected chi connectivity index (χ0v) is 15.1. The monoisotopic (exact) mass is 341 g/mol. The summed E-state index contributed by atoms with van der Waals surface area (Å²) >= 11 is 0. The van der Waals surface area contributed by atoms with E-state index in [1.54, 1.807) is 12.1 Å². The molecule has 3 rings (SSSR count). The first-order valence-electron chi connectivity index (χ1n) is 9.24. The lowest BCUT2D eigenvalue weighted by atomic mass is 9.97. The maximum Gasteiger partial charge on any atom is 0.126 e. The molecule has 25 heavy (non-hydrogen) atoms. The van der Waals surface area contributed by atoms with Gasteiger partial charge in [-0.15, -0.1) is 0 Å². The van der Waals surface area contributed by atoms with Gasteiger partial charge in [0.25, 0.3) is 0 Å². The Morgan fingerprint density at radius 2 is 2.00 bits per heavy atom. The molecule has 0 spiro atoms. The van der Waals surface area contributed by atoms with Crippen molar-refractivity contribution in [1.29, 1.82) is 0 Å².